The molecule has 192 valence electrons. The van der Waals surface area contributed by atoms with Crippen LogP contribution >= 0.6 is 15.9 Å². The second kappa shape index (κ2) is 10.3. The van der Waals surface area contributed by atoms with Gasteiger partial charge < -0.3 is 4.57 Å². The lowest BCUT2D eigenvalue weighted by Crippen LogP contribution is -2.25. The number of rotatable bonds is 5. The maximum Gasteiger partial charge on any atom is 0.282 e. The zero-order valence-electron chi connectivity index (χ0n) is 21.2. The van der Waals surface area contributed by atoms with Gasteiger partial charge in [0.25, 0.3) is 5.56 Å². The van der Waals surface area contributed by atoms with Crippen LogP contribution in [0.3, 0.4) is 0 Å². The SMILES string of the molecule is Cc1c(C=Nn2c(C3CCCCC3)nc3ccc(Br)cc3c2=O)c2ccccc2n1Cc1cccc(F)c1. The molecule has 0 aliphatic heterocycles. The highest BCUT2D eigenvalue weighted by Crippen LogP contribution is 2.32. The minimum absolute atomic E-state index is 0.158. The highest BCUT2D eigenvalue weighted by atomic mass is 79.9. The molecule has 1 aliphatic rings. The van der Waals surface area contributed by atoms with Crippen molar-refractivity contribution in [3.8, 4) is 0 Å². The number of para-hydroxylation sites is 1. The monoisotopic (exact) mass is 570 g/mol. The lowest BCUT2D eigenvalue weighted by Gasteiger charge is -2.22. The van der Waals surface area contributed by atoms with Crippen LogP contribution in [-0.4, -0.2) is 20.4 Å². The van der Waals surface area contributed by atoms with Crippen molar-refractivity contribution in [3.05, 3.63) is 110 Å². The van der Waals surface area contributed by atoms with E-state index in [4.69, 9.17) is 10.1 Å². The number of hydrogen-bond acceptors (Lipinski definition) is 3. The Balaban J connectivity index is 1.49. The van der Waals surface area contributed by atoms with Crippen molar-refractivity contribution in [2.45, 2.75) is 51.5 Å². The Kier molecular flexibility index (Phi) is 6.70. The minimum atomic E-state index is -0.247. The summed E-state index contributed by atoms with van der Waals surface area (Å²) in [5.41, 5.74) is 4.41. The number of fused-ring (bicyclic) bond motifs is 2. The Labute approximate surface area is 228 Å². The molecule has 38 heavy (non-hydrogen) atoms. The average Bonchev–Trinajstić information content (AvgIpc) is 3.19. The molecule has 1 fully saturated rings. The number of halogens is 2. The van der Waals surface area contributed by atoms with E-state index in [1.165, 1.54) is 17.2 Å². The van der Waals surface area contributed by atoms with Crippen molar-refractivity contribution in [2.24, 2.45) is 5.10 Å². The molecule has 7 heteroatoms. The van der Waals surface area contributed by atoms with E-state index in [2.05, 4.69) is 32.6 Å². The first kappa shape index (κ1) is 24.7. The van der Waals surface area contributed by atoms with Gasteiger partial charge in [-0.3, -0.25) is 4.79 Å². The summed E-state index contributed by atoms with van der Waals surface area (Å²) in [6.45, 7) is 2.58. The first-order chi connectivity index (χ1) is 18.5. The van der Waals surface area contributed by atoms with Crippen LogP contribution in [-0.2, 0) is 6.54 Å². The van der Waals surface area contributed by atoms with Crippen LogP contribution in [0.2, 0.25) is 0 Å². The van der Waals surface area contributed by atoms with Gasteiger partial charge in [-0.1, -0.05) is 65.5 Å². The van der Waals surface area contributed by atoms with Crippen LogP contribution < -0.4 is 5.56 Å². The Morgan fingerprint density at radius 2 is 1.84 bits per heavy atom. The standard InChI is InChI=1S/C31H28BrFN4O/c1-20-27(25-12-5-6-13-29(25)36(20)19-21-8-7-11-24(33)16-21)18-34-37-30(22-9-3-2-4-10-22)35-28-15-14-23(32)17-26(28)31(37)38/h5-8,11-18,22H,2-4,9-10,19H2,1H3. The number of nitrogens with zero attached hydrogens (tertiary/aromatic N) is 4. The van der Waals surface area contributed by atoms with Crippen LogP contribution in [0.5, 0.6) is 0 Å². The van der Waals surface area contributed by atoms with Gasteiger partial charge >= 0.3 is 0 Å². The third-order valence-electron chi connectivity index (χ3n) is 7.62. The highest BCUT2D eigenvalue weighted by molar-refractivity contribution is 9.10. The van der Waals surface area contributed by atoms with E-state index < -0.39 is 0 Å². The Hall–Kier alpha value is -3.58. The molecule has 0 radical (unpaired) electrons. The summed E-state index contributed by atoms with van der Waals surface area (Å²) in [7, 11) is 0. The Morgan fingerprint density at radius 1 is 1.03 bits per heavy atom. The summed E-state index contributed by atoms with van der Waals surface area (Å²) < 4.78 is 18.4. The Bertz CT molecular complexity index is 1750. The molecule has 0 atom stereocenters. The van der Waals surface area contributed by atoms with Crippen molar-refractivity contribution >= 4 is 44.0 Å². The van der Waals surface area contributed by atoms with Gasteiger partial charge in [0, 0.05) is 39.1 Å². The van der Waals surface area contributed by atoms with Crippen LogP contribution in [0, 0.1) is 12.7 Å². The molecule has 2 heterocycles. The molecule has 6 rings (SSSR count). The number of hydrogen-bond donors (Lipinski definition) is 0. The maximum absolute atomic E-state index is 13.9. The quantitative estimate of drug-likeness (QED) is 0.205. The molecular formula is C31H28BrFN4O. The molecule has 5 aromatic rings. The molecule has 0 unspecified atom stereocenters. The van der Waals surface area contributed by atoms with Crippen molar-refractivity contribution in [1.82, 2.24) is 14.2 Å². The van der Waals surface area contributed by atoms with Gasteiger partial charge in [-0.05, 0) is 61.7 Å². The van der Waals surface area contributed by atoms with Gasteiger partial charge in [0.1, 0.15) is 11.6 Å². The Morgan fingerprint density at radius 3 is 2.66 bits per heavy atom. The van der Waals surface area contributed by atoms with Gasteiger partial charge in [-0.25, -0.2) is 9.37 Å². The van der Waals surface area contributed by atoms with Crippen molar-refractivity contribution in [3.63, 3.8) is 0 Å². The zero-order chi connectivity index (χ0) is 26.2. The van der Waals surface area contributed by atoms with Crippen LogP contribution in [0.4, 0.5) is 4.39 Å². The first-order valence-corrected chi connectivity index (χ1v) is 13.9. The fourth-order valence-corrected chi connectivity index (χ4v) is 6.02. The second-order valence-corrected chi connectivity index (χ2v) is 11.0. The van der Waals surface area contributed by atoms with Crippen LogP contribution in [0.1, 0.15) is 60.7 Å². The second-order valence-electron chi connectivity index (χ2n) is 10.1. The van der Waals surface area contributed by atoms with E-state index in [9.17, 15) is 9.18 Å². The molecule has 2 aromatic heterocycles. The summed E-state index contributed by atoms with van der Waals surface area (Å²) in [5.74, 6) is 0.697. The van der Waals surface area contributed by atoms with Crippen molar-refractivity contribution in [2.75, 3.05) is 0 Å². The van der Waals surface area contributed by atoms with E-state index in [-0.39, 0.29) is 17.3 Å². The summed E-state index contributed by atoms with van der Waals surface area (Å²) in [6, 6.07) is 20.4. The first-order valence-electron chi connectivity index (χ1n) is 13.1. The van der Waals surface area contributed by atoms with Crippen LogP contribution in [0.25, 0.3) is 21.8 Å². The van der Waals surface area contributed by atoms with E-state index in [1.54, 1.807) is 18.3 Å². The maximum atomic E-state index is 13.9. The molecule has 1 saturated carbocycles. The van der Waals surface area contributed by atoms with Crippen molar-refractivity contribution < 1.29 is 4.39 Å². The minimum Gasteiger partial charge on any atom is -0.340 e. The third kappa shape index (κ3) is 4.60. The van der Waals surface area contributed by atoms with E-state index in [0.29, 0.717) is 17.4 Å². The van der Waals surface area contributed by atoms with Gasteiger partial charge in [-0.15, -0.1) is 0 Å². The largest absolute Gasteiger partial charge is 0.340 e. The summed E-state index contributed by atoms with van der Waals surface area (Å²) >= 11 is 3.49. The molecule has 5 nitrogen and oxygen atoms in total. The van der Waals surface area contributed by atoms with E-state index in [1.807, 2.05) is 43.3 Å². The summed E-state index contributed by atoms with van der Waals surface area (Å²) in [5, 5.41) is 6.38. The predicted molar refractivity (Wildman–Crippen MR) is 155 cm³/mol. The molecule has 1 aliphatic carbocycles. The van der Waals surface area contributed by atoms with E-state index in [0.717, 1.165) is 63.7 Å². The lowest BCUT2D eigenvalue weighted by atomic mass is 9.88. The average molecular weight is 571 g/mol. The smallest absolute Gasteiger partial charge is 0.282 e. The highest BCUT2D eigenvalue weighted by Gasteiger charge is 2.23. The lowest BCUT2D eigenvalue weighted by molar-refractivity contribution is 0.416. The van der Waals surface area contributed by atoms with Crippen molar-refractivity contribution in [1.29, 1.82) is 0 Å². The van der Waals surface area contributed by atoms with Gasteiger partial charge in [0.05, 0.1) is 17.1 Å². The molecule has 0 spiro atoms. The van der Waals surface area contributed by atoms with Gasteiger partial charge in [-0.2, -0.15) is 9.78 Å². The van der Waals surface area contributed by atoms with Gasteiger partial charge in [0.15, 0.2) is 0 Å². The zero-order valence-corrected chi connectivity index (χ0v) is 22.8. The normalized spacial score (nSPS) is 14.7. The number of benzene rings is 3. The molecule has 0 N–H and O–H groups in total. The fraction of sp³-hybridized carbons (Fsp3) is 0.258. The summed E-state index contributed by atoms with van der Waals surface area (Å²) in [4.78, 5) is 18.7. The fourth-order valence-electron chi connectivity index (χ4n) is 5.66. The molecule has 3 aromatic carbocycles. The molecular weight excluding hydrogens is 543 g/mol. The summed E-state index contributed by atoms with van der Waals surface area (Å²) in [6.07, 6.45) is 7.30. The molecule has 0 saturated heterocycles. The molecule has 0 amide bonds. The van der Waals surface area contributed by atoms with Crippen LogP contribution in [0.15, 0.2) is 81.1 Å². The molecule has 0 bridgehead atoms. The predicted octanol–water partition coefficient (Wildman–Crippen LogP) is 7.54. The van der Waals surface area contributed by atoms with Gasteiger partial charge in [0.2, 0.25) is 0 Å². The third-order valence-corrected chi connectivity index (χ3v) is 8.11. The number of aromatic nitrogens is 3. The topological polar surface area (TPSA) is 52.2 Å². The van der Waals surface area contributed by atoms with E-state index >= 15 is 0 Å².